The van der Waals surface area contributed by atoms with Gasteiger partial charge in [-0.15, -0.1) is 0 Å². The minimum absolute atomic E-state index is 0.0437. The predicted octanol–water partition coefficient (Wildman–Crippen LogP) is 0.245. The molecular formula is C15H26N2O4. The van der Waals surface area contributed by atoms with E-state index in [9.17, 15) is 9.59 Å². The summed E-state index contributed by atoms with van der Waals surface area (Å²) in [5.74, 6) is 0.197. The summed E-state index contributed by atoms with van der Waals surface area (Å²) in [6.45, 7) is 4.75. The van der Waals surface area contributed by atoms with Gasteiger partial charge in [0.15, 0.2) is 0 Å². The Morgan fingerprint density at radius 2 is 1.86 bits per heavy atom. The van der Waals surface area contributed by atoms with Crippen molar-refractivity contribution in [1.82, 2.24) is 9.80 Å². The number of carbonyl (C=O) groups excluding carboxylic acids is 2. The Morgan fingerprint density at radius 1 is 1.14 bits per heavy atom. The second-order valence-electron chi connectivity index (χ2n) is 5.92. The monoisotopic (exact) mass is 298 g/mol. The Hall–Kier alpha value is -1.14. The average molecular weight is 298 g/mol. The highest BCUT2D eigenvalue weighted by Crippen LogP contribution is 2.22. The van der Waals surface area contributed by atoms with Gasteiger partial charge in [-0.25, -0.2) is 0 Å². The summed E-state index contributed by atoms with van der Waals surface area (Å²) in [7, 11) is 0. The third-order valence-electron chi connectivity index (χ3n) is 4.41. The third kappa shape index (κ3) is 4.41. The number of carbonyl (C=O) groups is 2. The van der Waals surface area contributed by atoms with E-state index in [0.717, 1.165) is 32.2 Å². The van der Waals surface area contributed by atoms with Crippen molar-refractivity contribution in [1.29, 1.82) is 0 Å². The fraction of sp³-hybridized carbons (Fsp3) is 0.867. The van der Waals surface area contributed by atoms with Gasteiger partial charge >= 0.3 is 0 Å². The van der Waals surface area contributed by atoms with E-state index in [-0.39, 0.29) is 30.4 Å². The van der Waals surface area contributed by atoms with Crippen molar-refractivity contribution in [3.05, 3.63) is 0 Å². The van der Waals surface area contributed by atoms with Crippen molar-refractivity contribution >= 4 is 11.8 Å². The molecule has 2 heterocycles. The summed E-state index contributed by atoms with van der Waals surface area (Å²) in [6, 6.07) is 0. The number of ether oxygens (including phenoxy) is 1. The van der Waals surface area contributed by atoms with Gasteiger partial charge in [0.1, 0.15) is 0 Å². The number of likely N-dealkylation sites (tertiary alicyclic amines) is 2. The highest BCUT2D eigenvalue weighted by atomic mass is 16.5. The summed E-state index contributed by atoms with van der Waals surface area (Å²) in [6.07, 6.45) is 3.60. The van der Waals surface area contributed by atoms with Gasteiger partial charge in [0.2, 0.25) is 11.8 Å². The smallest absolute Gasteiger partial charge is 0.227 e. The molecule has 0 aromatic heterocycles. The first-order valence-electron chi connectivity index (χ1n) is 7.88. The standard InChI is InChI=1S/C15H26N2O4/c1-12(19)17-6-2-3-13(11-17)15(20)16-7-4-14(5-8-16)21-10-9-18/h13-14,18H,2-11H2,1H3. The van der Waals surface area contributed by atoms with Crippen molar-refractivity contribution in [3.63, 3.8) is 0 Å². The molecule has 0 aromatic carbocycles. The van der Waals surface area contributed by atoms with E-state index in [4.69, 9.17) is 9.84 Å². The van der Waals surface area contributed by atoms with Gasteiger partial charge < -0.3 is 19.6 Å². The molecule has 2 aliphatic rings. The molecule has 1 unspecified atom stereocenters. The number of aliphatic hydroxyl groups is 1. The Balaban J connectivity index is 1.80. The van der Waals surface area contributed by atoms with E-state index < -0.39 is 0 Å². The number of aliphatic hydroxyl groups excluding tert-OH is 1. The minimum atomic E-state index is -0.0439. The van der Waals surface area contributed by atoms with Crippen LogP contribution in [-0.2, 0) is 14.3 Å². The summed E-state index contributed by atoms with van der Waals surface area (Å²) in [5, 5.41) is 8.76. The second kappa shape index (κ2) is 7.75. The Morgan fingerprint density at radius 3 is 2.48 bits per heavy atom. The first-order valence-corrected chi connectivity index (χ1v) is 7.88. The molecule has 2 aliphatic heterocycles. The van der Waals surface area contributed by atoms with Crippen molar-refractivity contribution in [3.8, 4) is 0 Å². The van der Waals surface area contributed by atoms with Gasteiger partial charge in [-0.2, -0.15) is 0 Å². The Labute approximate surface area is 126 Å². The normalized spacial score (nSPS) is 24.2. The van der Waals surface area contributed by atoms with Crippen LogP contribution < -0.4 is 0 Å². The first-order chi connectivity index (χ1) is 10.1. The van der Waals surface area contributed by atoms with Crippen LogP contribution in [0.5, 0.6) is 0 Å². The lowest BCUT2D eigenvalue weighted by atomic mass is 9.95. The Kier molecular flexibility index (Phi) is 5.99. The van der Waals surface area contributed by atoms with Crippen molar-refractivity contribution in [2.24, 2.45) is 5.92 Å². The molecule has 1 atom stereocenters. The van der Waals surface area contributed by atoms with Crippen LogP contribution in [0, 0.1) is 5.92 Å². The van der Waals surface area contributed by atoms with Crippen LogP contribution in [0.1, 0.15) is 32.6 Å². The zero-order valence-electron chi connectivity index (χ0n) is 12.8. The van der Waals surface area contributed by atoms with E-state index in [1.54, 1.807) is 11.8 Å². The van der Waals surface area contributed by atoms with Gasteiger partial charge in [-0.3, -0.25) is 9.59 Å². The molecule has 2 amide bonds. The molecule has 0 aromatic rings. The third-order valence-corrected chi connectivity index (χ3v) is 4.41. The number of nitrogens with zero attached hydrogens (tertiary/aromatic N) is 2. The van der Waals surface area contributed by atoms with Crippen LogP contribution in [0.15, 0.2) is 0 Å². The molecule has 21 heavy (non-hydrogen) atoms. The number of amides is 2. The van der Waals surface area contributed by atoms with Crippen molar-refractivity contribution in [2.75, 3.05) is 39.4 Å². The number of hydrogen-bond donors (Lipinski definition) is 1. The number of rotatable bonds is 4. The average Bonchev–Trinajstić information content (AvgIpc) is 2.53. The van der Waals surface area contributed by atoms with E-state index in [0.29, 0.717) is 26.2 Å². The molecule has 2 fully saturated rings. The highest BCUT2D eigenvalue weighted by Gasteiger charge is 2.32. The van der Waals surface area contributed by atoms with Crippen molar-refractivity contribution < 1.29 is 19.4 Å². The molecule has 0 radical (unpaired) electrons. The SMILES string of the molecule is CC(=O)N1CCCC(C(=O)N2CCC(OCCO)CC2)C1. The molecule has 6 nitrogen and oxygen atoms in total. The van der Waals surface area contributed by atoms with Crippen LogP contribution in [0.3, 0.4) is 0 Å². The lowest BCUT2D eigenvalue weighted by Crippen LogP contribution is -2.49. The summed E-state index contributed by atoms with van der Waals surface area (Å²) in [4.78, 5) is 27.7. The van der Waals surface area contributed by atoms with Gasteiger partial charge in [0.05, 0.1) is 25.2 Å². The molecule has 0 spiro atoms. The molecule has 2 saturated heterocycles. The molecule has 0 aliphatic carbocycles. The van der Waals surface area contributed by atoms with Crippen LogP contribution in [0.25, 0.3) is 0 Å². The van der Waals surface area contributed by atoms with Gasteiger partial charge in [0.25, 0.3) is 0 Å². The van der Waals surface area contributed by atoms with E-state index in [1.165, 1.54) is 0 Å². The second-order valence-corrected chi connectivity index (χ2v) is 5.92. The zero-order chi connectivity index (χ0) is 15.2. The maximum absolute atomic E-state index is 12.5. The summed E-state index contributed by atoms with van der Waals surface area (Å²) >= 11 is 0. The van der Waals surface area contributed by atoms with E-state index in [1.807, 2.05) is 4.90 Å². The van der Waals surface area contributed by atoms with E-state index >= 15 is 0 Å². The maximum atomic E-state index is 12.5. The molecule has 2 rings (SSSR count). The lowest BCUT2D eigenvalue weighted by Gasteiger charge is -2.37. The van der Waals surface area contributed by atoms with Crippen LogP contribution in [0.4, 0.5) is 0 Å². The van der Waals surface area contributed by atoms with Crippen LogP contribution in [-0.4, -0.2) is 72.2 Å². The fourth-order valence-corrected chi connectivity index (χ4v) is 3.19. The molecule has 0 bridgehead atoms. The molecule has 120 valence electrons. The number of piperidine rings is 2. The highest BCUT2D eigenvalue weighted by molar-refractivity contribution is 5.81. The van der Waals surface area contributed by atoms with Gasteiger partial charge in [0, 0.05) is 33.1 Å². The lowest BCUT2D eigenvalue weighted by molar-refractivity contribution is -0.142. The summed E-state index contributed by atoms with van der Waals surface area (Å²) < 4.78 is 5.51. The zero-order valence-corrected chi connectivity index (χ0v) is 12.8. The van der Waals surface area contributed by atoms with Crippen molar-refractivity contribution in [2.45, 2.75) is 38.7 Å². The molecule has 6 heteroatoms. The molecule has 0 saturated carbocycles. The quantitative estimate of drug-likeness (QED) is 0.807. The van der Waals surface area contributed by atoms with Crippen LogP contribution >= 0.6 is 0 Å². The maximum Gasteiger partial charge on any atom is 0.227 e. The minimum Gasteiger partial charge on any atom is -0.394 e. The topological polar surface area (TPSA) is 70.1 Å². The fourth-order valence-electron chi connectivity index (χ4n) is 3.19. The van der Waals surface area contributed by atoms with Crippen LogP contribution in [0.2, 0.25) is 0 Å². The van der Waals surface area contributed by atoms with Gasteiger partial charge in [-0.1, -0.05) is 0 Å². The van der Waals surface area contributed by atoms with E-state index in [2.05, 4.69) is 0 Å². The molecule has 1 N–H and O–H groups in total. The number of hydrogen-bond acceptors (Lipinski definition) is 4. The Bertz CT molecular complexity index is 367. The predicted molar refractivity (Wildman–Crippen MR) is 77.6 cm³/mol. The van der Waals surface area contributed by atoms with Gasteiger partial charge in [-0.05, 0) is 25.7 Å². The largest absolute Gasteiger partial charge is 0.394 e. The summed E-state index contributed by atoms with van der Waals surface area (Å²) in [5.41, 5.74) is 0. The molecular weight excluding hydrogens is 272 g/mol. The first kappa shape index (κ1) is 16.2.